The molecule has 0 bridgehead atoms. The predicted molar refractivity (Wildman–Crippen MR) is 73.7 cm³/mol. The van der Waals surface area contributed by atoms with Gasteiger partial charge in [-0.2, -0.15) is 12.7 Å². The second kappa shape index (κ2) is 5.28. The van der Waals surface area contributed by atoms with Gasteiger partial charge in [-0.3, -0.25) is 4.31 Å². The van der Waals surface area contributed by atoms with Crippen LogP contribution in [0, 0.1) is 5.92 Å². The Morgan fingerprint density at radius 3 is 2.56 bits per heavy atom. The first kappa shape index (κ1) is 13.4. The Morgan fingerprint density at radius 2 is 1.94 bits per heavy atom. The summed E-state index contributed by atoms with van der Waals surface area (Å²) in [5.41, 5.74) is 0.704. The van der Waals surface area contributed by atoms with Gasteiger partial charge in [0.05, 0.1) is 5.69 Å². The molecule has 0 N–H and O–H groups in total. The Bertz CT molecular complexity index is 487. The van der Waals surface area contributed by atoms with E-state index in [0.29, 0.717) is 24.7 Å². The van der Waals surface area contributed by atoms with Crippen molar-refractivity contribution in [3.05, 3.63) is 30.3 Å². The minimum Gasteiger partial charge on any atom is -0.261 e. The van der Waals surface area contributed by atoms with E-state index in [9.17, 15) is 8.42 Å². The van der Waals surface area contributed by atoms with Gasteiger partial charge in [-0.25, -0.2) is 0 Å². The van der Waals surface area contributed by atoms with Crippen LogP contribution in [-0.4, -0.2) is 32.9 Å². The number of benzene rings is 1. The summed E-state index contributed by atoms with van der Waals surface area (Å²) in [7, 11) is -1.77. The highest BCUT2D eigenvalue weighted by Crippen LogP contribution is 2.23. The highest BCUT2D eigenvalue weighted by Gasteiger charge is 2.30. The van der Waals surface area contributed by atoms with Crippen molar-refractivity contribution in [3.8, 4) is 0 Å². The summed E-state index contributed by atoms with van der Waals surface area (Å²) >= 11 is 0. The number of para-hydroxylation sites is 1. The molecule has 1 aromatic rings. The lowest BCUT2D eigenvalue weighted by molar-refractivity contribution is 0.281. The monoisotopic (exact) mass is 268 g/mol. The van der Waals surface area contributed by atoms with Crippen molar-refractivity contribution in [2.45, 2.75) is 19.8 Å². The van der Waals surface area contributed by atoms with E-state index >= 15 is 0 Å². The van der Waals surface area contributed by atoms with Crippen LogP contribution in [-0.2, 0) is 10.2 Å². The molecule has 1 aromatic carbocycles. The molecule has 0 radical (unpaired) electrons. The van der Waals surface area contributed by atoms with Gasteiger partial charge >= 0.3 is 10.2 Å². The molecule has 1 saturated heterocycles. The van der Waals surface area contributed by atoms with Gasteiger partial charge in [0.2, 0.25) is 0 Å². The molecular formula is C13H20N2O2S. The fourth-order valence-electron chi connectivity index (χ4n) is 2.30. The molecule has 0 aliphatic carbocycles. The predicted octanol–water partition coefficient (Wildman–Crippen LogP) is 2.10. The summed E-state index contributed by atoms with van der Waals surface area (Å²) in [6, 6.07) is 9.20. The van der Waals surface area contributed by atoms with Crippen molar-refractivity contribution in [2.24, 2.45) is 5.92 Å². The van der Waals surface area contributed by atoms with Crippen LogP contribution in [0.5, 0.6) is 0 Å². The minimum absolute atomic E-state index is 0.442. The maximum absolute atomic E-state index is 12.5. The van der Waals surface area contributed by atoms with Gasteiger partial charge in [0.1, 0.15) is 0 Å². The highest BCUT2D eigenvalue weighted by atomic mass is 32.2. The van der Waals surface area contributed by atoms with Gasteiger partial charge in [0, 0.05) is 20.1 Å². The first-order chi connectivity index (χ1) is 8.51. The molecule has 1 unspecified atom stereocenters. The zero-order valence-corrected chi connectivity index (χ0v) is 11.7. The Hall–Kier alpha value is -1.07. The molecule has 1 fully saturated rings. The van der Waals surface area contributed by atoms with Crippen LogP contribution in [0.15, 0.2) is 30.3 Å². The Balaban J connectivity index is 2.20. The van der Waals surface area contributed by atoms with Crippen LogP contribution in [0.3, 0.4) is 0 Å². The molecule has 5 heteroatoms. The fraction of sp³-hybridized carbons (Fsp3) is 0.538. The highest BCUT2D eigenvalue weighted by molar-refractivity contribution is 7.90. The van der Waals surface area contributed by atoms with Gasteiger partial charge < -0.3 is 0 Å². The zero-order chi connectivity index (χ0) is 13.2. The van der Waals surface area contributed by atoms with E-state index < -0.39 is 10.2 Å². The molecule has 0 saturated carbocycles. The van der Waals surface area contributed by atoms with Crippen LogP contribution in [0.4, 0.5) is 5.69 Å². The Labute approximate surface area is 109 Å². The molecule has 4 nitrogen and oxygen atoms in total. The topological polar surface area (TPSA) is 40.6 Å². The average Bonchev–Trinajstić information content (AvgIpc) is 2.39. The summed E-state index contributed by atoms with van der Waals surface area (Å²) in [6.07, 6.45) is 2.06. The molecule has 0 aromatic heterocycles. The quantitative estimate of drug-likeness (QED) is 0.842. The van der Waals surface area contributed by atoms with E-state index in [1.165, 1.54) is 4.31 Å². The molecule has 100 valence electrons. The molecule has 0 spiro atoms. The van der Waals surface area contributed by atoms with Crippen molar-refractivity contribution in [3.63, 3.8) is 0 Å². The van der Waals surface area contributed by atoms with Crippen LogP contribution in [0.25, 0.3) is 0 Å². The van der Waals surface area contributed by atoms with Crippen molar-refractivity contribution in [1.29, 1.82) is 0 Å². The smallest absolute Gasteiger partial charge is 0.261 e. The normalized spacial score (nSPS) is 21.8. The Kier molecular flexibility index (Phi) is 3.92. The zero-order valence-electron chi connectivity index (χ0n) is 10.9. The number of hydrogen-bond acceptors (Lipinski definition) is 2. The second-order valence-electron chi connectivity index (χ2n) is 4.92. The average molecular weight is 268 g/mol. The summed E-state index contributed by atoms with van der Waals surface area (Å²) in [4.78, 5) is 0. The summed E-state index contributed by atoms with van der Waals surface area (Å²) in [5.74, 6) is 0.442. The molecule has 18 heavy (non-hydrogen) atoms. The van der Waals surface area contributed by atoms with Crippen molar-refractivity contribution >= 4 is 15.9 Å². The fourth-order valence-corrected chi connectivity index (χ4v) is 3.84. The lowest BCUT2D eigenvalue weighted by atomic mass is 10.0. The lowest BCUT2D eigenvalue weighted by Gasteiger charge is -2.33. The molecule has 2 rings (SSSR count). The molecule has 1 atom stereocenters. The first-order valence-corrected chi connectivity index (χ1v) is 7.70. The largest absolute Gasteiger partial charge is 0.303 e. The van der Waals surface area contributed by atoms with Crippen LogP contribution < -0.4 is 4.31 Å². The van der Waals surface area contributed by atoms with Crippen LogP contribution >= 0.6 is 0 Å². The number of nitrogens with zero attached hydrogens (tertiary/aromatic N) is 2. The third-order valence-corrected chi connectivity index (χ3v) is 5.30. The second-order valence-corrected chi connectivity index (χ2v) is 6.88. The lowest BCUT2D eigenvalue weighted by Crippen LogP contribution is -2.46. The third-order valence-electron chi connectivity index (χ3n) is 3.41. The van der Waals surface area contributed by atoms with E-state index in [4.69, 9.17) is 0 Å². The van der Waals surface area contributed by atoms with E-state index in [2.05, 4.69) is 6.92 Å². The Morgan fingerprint density at radius 1 is 1.28 bits per heavy atom. The van der Waals surface area contributed by atoms with Gasteiger partial charge in [-0.15, -0.1) is 0 Å². The number of anilines is 1. The van der Waals surface area contributed by atoms with E-state index in [1.54, 1.807) is 11.4 Å². The van der Waals surface area contributed by atoms with Crippen LogP contribution in [0.1, 0.15) is 19.8 Å². The summed E-state index contributed by atoms with van der Waals surface area (Å²) < 4.78 is 27.9. The summed E-state index contributed by atoms with van der Waals surface area (Å²) in [5, 5.41) is 0. The van der Waals surface area contributed by atoms with E-state index in [-0.39, 0.29) is 0 Å². The standard InChI is InChI=1S/C13H20N2O2S/c1-12-7-6-10-15(11-12)18(16,17)14(2)13-8-4-3-5-9-13/h3-5,8-9,12H,6-7,10-11H2,1-2H3. The van der Waals surface area contributed by atoms with Crippen molar-refractivity contribution in [2.75, 3.05) is 24.4 Å². The van der Waals surface area contributed by atoms with Crippen LogP contribution in [0.2, 0.25) is 0 Å². The van der Waals surface area contributed by atoms with Gasteiger partial charge in [0.15, 0.2) is 0 Å². The third kappa shape index (κ3) is 2.67. The summed E-state index contributed by atoms with van der Waals surface area (Å²) in [6.45, 7) is 3.35. The molecule has 0 amide bonds. The van der Waals surface area contributed by atoms with Gasteiger partial charge in [-0.1, -0.05) is 25.1 Å². The number of piperidine rings is 1. The van der Waals surface area contributed by atoms with Crippen molar-refractivity contribution in [1.82, 2.24) is 4.31 Å². The first-order valence-electron chi connectivity index (χ1n) is 6.31. The number of hydrogen-bond donors (Lipinski definition) is 0. The molecule has 1 aliphatic heterocycles. The van der Waals surface area contributed by atoms with E-state index in [0.717, 1.165) is 12.8 Å². The maximum Gasteiger partial charge on any atom is 0.303 e. The van der Waals surface area contributed by atoms with Gasteiger partial charge in [-0.05, 0) is 30.9 Å². The molecule has 1 heterocycles. The minimum atomic E-state index is -3.38. The maximum atomic E-state index is 12.5. The van der Waals surface area contributed by atoms with E-state index in [1.807, 2.05) is 30.3 Å². The molecule has 1 aliphatic rings. The number of rotatable bonds is 3. The van der Waals surface area contributed by atoms with Crippen molar-refractivity contribution < 1.29 is 8.42 Å². The molecular weight excluding hydrogens is 248 g/mol. The van der Waals surface area contributed by atoms with Gasteiger partial charge in [0.25, 0.3) is 0 Å². The SMILES string of the molecule is CC1CCCN(S(=O)(=O)N(C)c2ccccc2)C1.